The zero-order valence-corrected chi connectivity index (χ0v) is 13.3. The molecule has 3 rings (SSSR count). The molecule has 0 radical (unpaired) electrons. The van der Waals surface area contributed by atoms with Gasteiger partial charge in [-0.05, 0) is 55.3 Å². The molecule has 0 atom stereocenters. The van der Waals surface area contributed by atoms with E-state index in [0.29, 0.717) is 0 Å². The molecule has 0 aliphatic carbocycles. The Morgan fingerprint density at radius 2 is 1.82 bits per heavy atom. The number of rotatable bonds is 3. The molecular formula is C19H23NO2. The fourth-order valence-electron chi connectivity index (χ4n) is 3.26. The molecule has 0 unspecified atom stereocenters. The average molecular weight is 297 g/mol. The second-order valence-electron chi connectivity index (χ2n) is 6.26. The number of carbonyl (C=O) groups excluding carboxylic acids is 1. The lowest BCUT2D eigenvalue weighted by molar-refractivity contribution is -0.147. The number of hydrogen-bond acceptors (Lipinski definition) is 3. The maximum absolute atomic E-state index is 11.6. The van der Waals surface area contributed by atoms with Crippen molar-refractivity contribution in [3.05, 3.63) is 47.5 Å². The second-order valence-corrected chi connectivity index (χ2v) is 6.26. The summed E-state index contributed by atoms with van der Waals surface area (Å²) < 4.78 is 4.84. The van der Waals surface area contributed by atoms with E-state index in [1.165, 1.54) is 29.0 Å². The molecule has 0 bridgehead atoms. The Kier molecular flexibility index (Phi) is 4.44. The van der Waals surface area contributed by atoms with Crippen LogP contribution in [0.25, 0.3) is 10.8 Å². The summed E-state index contributed by atoms with van der Waals surface area (Å²) in [5.74, 6) is 0.0292. The number of nitrogens with zero attached hydrogens (tertiary/aromatic N) is 1. The number of piperidine rings is 1. The van der Waals surface area contributed by atoms with Crippen molar-refractivity contribution in [3.8, 4) is 0 Å². The first-order valence-corrected chi connectivity index (χ1v) is 7.95. The Bertz CT molecular complexity index is 672. The third kappa shape index (κ3) is 3.30. The average Bonchev–Trinajstić information content (AvgIpc) is 2.55. The van der Waals surface area contributed by atoms with E-state index in [0.717, 1.165) is 32.5 Å². The third-order valence-corrected chi connectivity index (χ3v) is 4.59. The van der Waals surface area contributed by atoms with E-state index in [4.69, 9.17) is 4.74 Å². The fourth-order valence-corrected chi connectivity index (χ4v) is 3.26. The Morgan fingerprint density at radius 1 is 1.14 bits per heavy atom. The Morgan fingerprint density at radius 3 is 2.55 bits per heavy atom. The van der Waals surface area contributed by atoms with Crippen molar-refractivity contribution >= 4 is 16.7 Å². The van der Waals surface area contributed by atoms with Gasteiger partial charge in [0.1, 0.15) is 0 Å². The fraction of sp³-hybridized carbons (Fsp3) is 0.421. The maximum Gasteiger partial charge on any atom is 0.308 e. The SMILES string of the molecule is COC(=O)C1CCN(Cc2ccc3cc(C)ccc3c2)CC1. The topological polar surface area (TPSA) is 29.5 Å². The first-order valence-electron chi connectivity index (χ1n) is 7.95. The predicted octanol–water partition coefficient (Wildman–Crippen LogP) is 3.53. The van der Waals surface area contributed by atoms with Crippen LogP contribution in [0.4, 0.5) is 0 Å². The van der Waals surface area contributed by atoms with Crippen LogP contribution < -0.4 is 0 Å². The highest BCUT2D eigenvalue weighted by Crippen LogP contribution is 2.22. The summed E-state index contributed by atoms with van der Waals surface area (Å²) in [6.45, 7) is 5.01. The van der Waals surface area contributed by atoms with E-state index in [1.807, 2.05) is 0 Å². The number of hydrogen-bond donors (Lipinski definition) is 0. The summed E-state index contributed by atoms with van der Waals surface area (Å²) in [6.07, 6.45) is 1.80. The lowest BCUT2D eigenvalue weighted by Gasteiger charge is -2.30. The number of aryl methyl sites for hydroxylation is 1. The van der Waals surface area contributed by atoms with Crippen LogP contribution >= 0.6 is 0 Å². The molecule has 0 N–H and O–H groups in total. The highest BCUT2D eigenvalue weighted by molar-refractivity contribution is 5.83. The molecule has 1 aliphatic heterocycles. The minimum atomic E-state index is -0.0549. The van der Waals surface area contributed by atoms with Gasteiger partial charge in [0, 0.05) is 6.54 Å². The molecule has 3 nitrogen and oxygen atoms in total. The van der Waals surface area contributed by atoms with Crippen LogP contribution in [0.3, 0.4) is 0 Å². The van der Waals surface area contributed by atoms with Crippen LogP contribution in [0, 0.1) is 12.8 Å². The van der Waals surface area contributed by atoms with Gasteiger partial charge in [-0.25, -0.2) is 0 Å². The largest absolute Gasteiger partial charge is 0.469 e. The van der Waals surface area contributed by atoms with Gasteiger partial charge in [-0.2, -0.15) is 0 Å². The zero-order chi connectivity index (χ0) is 15.5. The molecule has 1 heterocycles. The molecule has 1 saturated heterocycles. The van der Waals surface area contributed by atoms with Crippen molar-refractivity contribution in [2.45, 2.75) is 26.3 Å². The van der Waals surface area contributed by atoms with Gasteiger partial charge in [-0.1, -0.05) is 35.9 Å². The van der Waals surface area contributed by atoms with Crippen molar-refractivity contribution in [2.24, 2.45) is 5.92 Å². The molecule has 3 heteroatoms. The van der Waals surface area contributed by atoms with Gasteiger partial charge in [0.15, 0.2) is 0 Å². The summed E-state index contributed by atoms with van der Waals surface area (Å²) in [4.78, 5) is 14.0. The molecule has 1 aliphatic rings. The van der Waals surface area contributed by atoms with Gasteiger partial charge in [0.05, 0.1) is 13.0 Å². The summed E-state index contributed by atoms with van der Waals surface area (Å²) in [7, 11) is 1.48. The number of benzene rings is 2. The van der Waals surface area contributed by atoms with Crippen molar-refractivity contribution in [1.82, 2.24) is 4.90 Å². The number of ether oxygens (including phenoxy) is 1. The van der Waals surface area contributed by atoms with Crippen LogP contribution in [0.2, 0.25) is 0 Å². The first-order chi connectivity index (χ1) is 10.7. The van der Waals surface area contributed by atoms with Gasteiger partial charge in [0.25, 0.3) is 0 Å². The van der Waals surface area contributed by atoms with E-state index in [9.17, 15) is 4.79 Å². The number of methoxy groups -OCH3 is 1. The standard InChI is InChI=1S/C19H23NO2/c1-14-3-5-18-12-15(4-6-17(18)11-14)13-20-9-7-16(8-10-20)19(21)22-2/h3-6,11-12,16H,7-10,13H2,1-2H3. The molecular weight excluding hydrogens is 274 g/mol. The highest BCUT2D eigenvalue weighted by atomic mass is 16.5. The molecule has 0 aromatic heterocycles. The normalized spacial score (nSPS) is 16.8. The van der Waals surface area contributed by atoms with Gasteiger partial charge < -0.3 is 4.74 Å². The number of carbonyl (C=O) groups is 1. The second kappa shape index (κ2) is 6.49. The van der Waals surface area contributed by atoms with E-state index in [2.05, 4.69) is 48.2 Å². The van der Waals surface area contributed by atoms with E-state index >= 15 is 0 Å². The van der Waals surface area contributed by atoms with Crippen LogP contribution in [-0.4, -0.2) is 31.1 Å². The Labute approximate surface area is 131 Å². The van der Waals surface area contributed by atoms with Crippen LogP contribution in [-0.2, 0) is 16.1 Å². The molecule has 116 valence electrons. The maximum atomic E-state index is 11.6. The molecule has 0 amide bonds. The third-order valence-electron chi connectivity index (χ3n) is 4.59. The van der Waals surface area contributed by atoms with Crippen molar-refractivity contribution in [1.29, 1.82) is 0 Å². The Balaban J connectivity index is 1.64. The molecule has 0 saturated carbocycles. The molecule has 1 fully saturated rings. The monoisotopic (exact) mass is 297 g/mol. The summed E-state index contributed by atoms with van der Waals surface area (Å²) in [5, 5.41) is 2.60. The smallest absolute Gasteiger partial charge is 0.308 e. The number of fused-ring (bicyclic) bond motifs is 1. The van der Waals surface area contributed by atoms with Crippen LogP contribution in [0.5, 0.6) is 0 Å². The molecule has 2 aromatic rings. The molecule has 0 spiro atoms. The number of esters is 1. The van der Waals surface area contributed by atoms with Crippen LogP contribution in [0.1, 0.15) is 24.0 Å². The van der Waals surface area contributed by atoms with Gasteiger partial charge >= 0.3 is 5.97 Å². The highest BCUT2D eigenvalue weighted by Gasteiger charge is 2.25. The van der Waals surface area contributed by atoms with E-state index < -0.39 is 0 Å². The summed E-state index contributed by atoms with van der Waals surface area (Å²) >= 11 is 0. The van der Waals surface area contributed by atoms with Gasteiger partial charge in [0.2, 0.25) is 0 Å². The summed E-state index contributed by atoms with van der Waals surface area (Å²) in [6, 6.07) is 13.3. The van der Waals surface area contributed by atoms with Gasteiger partial charge in [-0.3, -0.25) is 9.69 Å². The van der Waals surface area contributed by atoms with Crippen molar-refractivity contribution in [2.75, 3.05) is 20.2 Å². The minimum Gasteiger partial charge on any atom is -0.469 e. The quantitative estimate of drug-likeness (QED) is 0.812. The lowest BCUT2D eigenvalue weighted by Crippen LogP contribution is -2.36. The summed E-state index contributed by atoms with van der Waals surface area (Å²) in [5.41, 5.74) is 2.64. The lowest BCUT2D eigenvalue weighted by atomic mass is 9.96. The minimum absolute atomic E-state index is 0.0549. The first kappa shape index (κ1) is 15.0. The van der Waals surface area contributed by atoms with E-state index in [1.54, 1.807) is 0 Å². The van der Waals surface area contributed by atoms with E-state index in [-0.39, 0.29) is 11.9 Å². The van der Waals surface area contributed by atoms with Crippen molar-refractivity contribution in [3.63, 3.8) is 0 Å². The molecule has 22 heavy (non-hydrogen) atoms. The van der Waals surface area contributed by atoms with Gasteiger partial charge in [-0.15, -0.1) is 0 Å². The molecule has 2 aromatic carbocycles. The van der Waals surface area contributed by atoms with Crippen LogP contribution in [0.15, 0.2) is 36.4 Å². The van der Waals surface area contributed by atoms with Crippen molar-refractivity contribution < 1.29 is 9.53 Å². The number of likely N-dealkylation sites (tertiary alicyclic amines) is 1. The predicted molar refractivity (Wildman–Crippen MR) is 88.7 cm³/mol. The Hall–Kier alpha value is -1.87. The zero-order valence-electron chi connectivity index (χ0n) is 13.3.